The highest BCUT2D eigenvalue weighted by Gasteiger charge is 2.19. The minimum atomic E-state index is -1.35. The van der Waals surface area contributed by atoms with E-state index < -0.39 is 5.67 Å². The molecule has 0 aliphatic carbocycles. The minimum absolute atomic E-state index is 0.131. The Morgan fingerprint density at radius 2 is 2.06 bits per heavy atom. The van der Waals surface area contributed by atoms with Crippen LogP contribution in [0.25, 0.3) is 0 Å². The summed E-state index contributed by atoms with van der Waals surface area (Å²) in [6.07, 6.45) is 1.36. The number of aliphatic hydroxyl groups excluding tert-OH is 1. The molecule has 0 saturated carbocycles. The predicted molar refractivity (Wildman–Crippen MR) is 62.5 cm³/mol. The van der Waals surface area contributed by atoms with Crippen molar-refractivity contribution in [2.75, 3.05) is 13.7 Å². The van der Waals surface area contributed by atoms with Gasteiger partial charge < -0.3 is 9.84 Å². The smallest absolute Gasteiger partial charge is 0.130 e. The van der Waals surface area contributed by atoms with Crippen LogP contribution >= 0.6 is 0 Å². The summed E-state index contributed by atoms with van der Waals surface area (Å²) in [5.41, 5.74) is 0.237. The SMILES string of the molecule is COc1ccc(C(C)(C)F)cc1CCCO. The average molecular weight is 226 g/mol. The Hall–Kier alpha value is -1.09. The number of hydrogen-bond donors (Lipinski definition) is 1. The molecule has 0 aromatic heterocycles. The Morgan fingerprint density at radius 1 is 1.38 bits per heavy atom. The number of ether oxygens (including phenoxy) is 1. The molecular formula is C13H19FO2. The van der Waals surface area contributed by atoms with Gasteiger partial charge in [0.25, 0.3) is 0 Å². The van der Waals surface area contributed by atoms with E-state index in [1.807, 2.05) is 6.07 Å². The topological polar surface area (TPSA) is 29.5 Å². The Morgan fingerprint density at radius 3 is 2.56 bits per heavy atom. The fraction of sp³-hybridized carbons (Fsp3) is 0.538. The van der Waals surface area contributed by atoms with Gasteiger partial charge in [0.05, 0.1) is 7.11 Å². The molecule has 0 spiro atoms. The molecule has 16 heavy (non-hydrogen) atoms. The molecule has 0 heterocycles. The molecule has 90 valence electrons. The van der Waals surface area contributed by atoms with Gasteiger partial charge in [-0.25, -0.2) is 4.39 Å². The predicted octanol–water partition coefficient (Wildman–Crippen LogP) is 2.82. The molecule has 0 amide bonds. The summed E-state index contributed by atoms with van der Waals surface area (Å²) in [5.74, 6) is 0.751. The largest absolute Gasteiger partial charge is 0.496 e. The summed E-state index contributed by atoms with van der Waals surface area (Å²) >= 11 is 0. The standard InChI is InChI=1S/C13H19FO2/c1-13(2,14)11-6-7-12(16-3)10(9-11)5-4-8-15/h6-7,9,15H,4-5,8H2,1-3H3. The first-order valence-electron chi connectivity index (χ1n) is 5.46. The molecule has 0 aliphatic heterocycles. The zero-order valence-corrected chi connectivity index (χ0v) is 10.1. The van der Waals surface area contributed by atoms with E-state index in [0.717, 1.165) is 11.3 Å². The zero-order valence-electron chi connectivity index (χ0n) is 10.1. The van der Waals surface area contributed by atoms with Gasteiger partial charge in [-0.05, 0) is 49.9 Å². The molecule has 1 aromatic rings. The molecule has 1 aromatic carbocycles. The van der Waals surface area contributed by atoms with Crippen LogP contribution in [0.1, 0.15) is 31.4 Å². The molecule has 1 rings (SSSR count). The summed E-state index contributed by atoms with van der Waals surface area (Å²) in [4.78, 5) is 0. The van der Waals surface area contributed by atoms with Crippen LogP contribution in [0.5, 0.6) is 5.75 Å². The van der Waals surface area contributed by atoms with Crippen molar-refractivity contribution < 1.29 is 14.2 Å². The normalized spacial score (nSPS) is 11.6. The number of benzene rings is 1. The number of halogens is 1. The fourth-order valence-corrected chi connectivity index (χ4v) is 1.61. The van der Waals surface area contributed by atoms with Gasteiger partial charge in [-0.15, -0.1) is 0 Å². The first-order valence-corrected chi connectivity index (χ1v) is 5.46. The molecule has 0 bridgehead atoms. The van der Waals surface area contributed by atoms with Gasteiger partial charge >= 0.3 is 0 Å². The first kappa shape index (κ1) is 13.0. The van der Waals surface area contributed by atoms with Crippen LogP contribution in [0.2, 0.25) is 0 Å². The molecule has 1 N–H and O–H groups in total. The minimum Gasteiger partial charge on any atom is -0.496 e. The lowest BCUT2D eigenvalue weighted by Crippen LogP contribution is -2.10. The van der Waals surface area contributed by atoms with Gasteiger partial charge in [0.2, 0.25) is 0 Å². The van der Waals surface area contributed by atoms with Crippen LogP contribution in [-0.2, 0) is 12.1 Å². The van der Waals surface area contributed by atoms with E-state index in [4.69, 9.17) is 9.84 Å². The number of methoxy groups -OCH3 is 1. The second-order valence-corrected chi connectivity index (χ2v) is 4.33. The van der Waals surface area contributed by atoms with E-state index >= 15 is 0 Å². The van der Waals surface area contributed by atoms with Crippen LogP contribution in [0.3, 0.4) is 0 Å². The van der Waals surface area contributed by atoms with Gasteiger partial charge in [-0.1, -0.05) is 6.07 Å². The second-order valence-electron chi connectivity index (χ2n) is 4.33. The highest BCUT2D eigenvalue weighted by atomic mass is 19.1. The fourth-order valence-electron chi connectivity index (χ4n) is 1.61. The van der Waals surface area contributed by atoms with Crippen LogP contribution in [0.15, 0.2) is 18.2 Å². The van der Waals surface area contributed by atoms with Gasteiger partial charge in [0, 0.05) is 6.61 Å². The lowest BCUT2D eigenvalue weighted by molar-refractivity contribution is 0.221. The molecule has 0 radical (unpaired) electrons. The van der Waals surface area contributed by atoms with Crippen LogP contribution < -0.4 is 4.74 Å². The van der Waals surface area contributed by atoms with Crippen molar-refractivity contribution in [1.29, 1.82) is 0 Å². The molecule has 0 atom stereocenters. The van der Waals surface area contributed by atoms with E-state index in [-0.39, 0.29) is 6.61 Å². The van der Waals surface area contributed by atoms with Crippen LogP contribution in [0, 0.1) is 0 Å². The molecule has 0 aliphatic rings. The Bertz CT molecular complexity index is 342. The third-order valence-corrected chi connectivity index (χ3v) is 2.57. The summed E-state index contributed by atoms with van der Waals surface area (Å²) in [6, 6.07) is 5.33. The summed E-state index contributed by atoms with van der Waals surface area (Å²) in [7, 11) is 1.60. The third kappa shape index (κ3) is 3.20. The van der Waals surface area contributed by atoms with Crippen molar-refractivity contribution >= 4 is 0 Å². The lowest BCUT2D eigenvalue weighted by Gasteiger charge is -2.17. The Labute approximate surface area is 96.1 Å². The number of aryl methyl sites for hydroxylation is 1. The lowest BCUT2D eigenvalue weighted by atomic mass is 9.96. The molecule has 2 nitrogen and oxygen atoms in total. The maximum absolute atomic E-state index is 13.8. The van der Waals surface area contributed by atoms with E-state index in [1.54, 1.807) is 19.2 Å². The van der Waals surface area contributed by atoms with Crippen molar-refractivity contribution in [2.24, 2.45) is 0 Å². The van der Waals surface area contributed by atoms with Gasteiger partial charge in [0.1, 0.15) is 11.4 Å². The van der Waals surface area contributed by atoms with Crippen molar-refractivity contribution in [2.45, 2.75) is 32.4 Å². The number of aliphatic hydroxyl groups is 1. The van der Waals surface area contributed by atoms with Crippen molar-refractivity contribution in [3.8, 4) is 5.75 Å². The highest BCUT2D eigenvalue weighted by Crippen LogP contribution is 2.29. The number of alkyl halides is 1. The molecular weight excluding hydrogens is 207 g/mol. The molecule has 0 fully saturated rings. The second kappa shape index (κ2) is 5.30. The average Bonchev–Trinajstić information content (AvgIpc) is 2.24. The Kier molecular flexibility index (Phi) is 4.30. The summed E-state index contributed by atoms with van der Waals surface area (Å²) in [5, 5.41) is 8.81. The highest BCUT2D eigenvalue weighted by molar-refractivity contribution is 5.39. The quantitative estimate of drug-likeness (QED) is 0.836. The molecule has 0 unspecified atom stereocenters. The van der Waals surface area contributed by atoms with E-state index in [0.29, 0.717) is 18.4 Å². The van der Waals surface area contributed by atoms with E-state index in [2.05, 4.69) is 0 Å². The maximum atomic E-state index is 13.8. The third-order valence-electron chi connectivity index (χ3n) is 2.57. The Balaban J connectivity index is 3.01. The zero-order chi connectivity index (χ0) is 12.2. The summed E-state index contributed by atoms with van der Waals surface area (Å²) in [6.45, 7) is 3.20. The first-order chi connectivity index (χ1) is 7.49. The molecule has 0 saturated heterocycles. The molecule has 3 heteroatoms. The number of hydrogen-bond acceptors (Lipinski definition) is 2. The monoisotopic (exact) mass is 226 g/mol. The van der Waals surface area contributed by atoms with Crippen molar-refractivity contribution in [3.05, 3.63) is 29.3 Å². The van der Waals surface area contributed by atoms with Gasteiger partial charge in [-0.2, -0.15) is 0 Å². The van der Waals surface area contributed by atoms with E-state index in [9.17, 15) is 4.39 Å². The van der Waals surface area contributed by atoms with Crippen LogP contribution in [-0.4, -0.2) is 18.8 Å². The van der Waals surface area contributed by atoms with Gasteiger partial charge in [0.15, 0.2) is 0 Å². The van der Waals surface area contributed by atoms with Gasteiger partial charge in [-0.3, -0.25) is 0 Å². The number of rotatable bonds is 5. The van der Waals surface area contributed by atoms with Crippen molar-refractivity contribution in [1.82, 2.24) is 0 Å². The van der Waals surface area contributed by atoms with Crippen molar-refractivity contribution in [3.63, 3.8) is 0 Å². The maximum Gasteiger partial charge on any atom is 0.130 e. The summed E-state index contributed by atoms with van der Waals surface area (Å²) < 4.78 is 19.0. The van der Waals surface area contributed by atoms with E-state index in [1.165, 1.54) is 13.8 Å². The van der Waals surface area contributed by atoms with Crippen LogP contribution in [0.4, 0.5) is 4.39 Å².